The molecule has 0 spiro atoms. The van der Waals surface area contributed by atoms with E-state index < -0.39 is 70.1 Å². The molecule has 42 heavy (non-hydrogen) atoms. The van der Waals surface area contributed by atoms with Crippen molar-refractivity contribution in [1.82, 2.24) is 39.0 Å². The number of aliphatic hydroxyl groups is 4. The molecule has 0 amide bonds. The van der Waals surface area contributed by atoms with E-state index in [1.54, 1.807) is 0 Å². The predicted octanol–water partition coefficient (Wildman–Crippen LogP) is -6.43. The fourth-order valence-electron chi connectivity index (χ4n) is 4.78. The summed E-state index contributed by atoms with van der Waals surface area (Å²) in [6.07, 6.45) is -6.51. The van der Waals surface area contributed by atoms with E-state index in [1.165, 1.54) is 34.4 Å². The second-order valence-electron chi connectivity index (χ2n) is 9.26. The Morgan fingerprint density at radius 1 is 0.857 bits per heavy atom. The van der Waals surface area contributed by atoms with Crippen LogP contribution in [0.2, 0.25) is 0 Å². The number of anilines is 2. The van der Waals surface area contributed by atoms with Crippen LogP contribution in [0.25, 0.3) is 22.3 Å². The zero-order valence-electron chi connectivity index (χ0n) is 21.8. The molecule has 4 unspecified atom stereocenters. The summed E-state index contributed by atoms with van der Waals surface area (Å²) in [5, 5.41) is 41.7. The summed E-state index contributed by atoms with van der Waals surface area (Å²) in [6.45, 7) is -1.48. The standard InChI is InChI=1S/C20H25N10O10P.Na/c21-15-9-17(25-3-23-15)29(5-27-9)19-12(33)11(32)8(39-19)2-37-41(35,36)40-14-7(1-31)38-20(13(14)34)30-6-28-10-16(22)24-4-26-18(10)30;/h3-8,11-14,19-20,31-34H,1-2H2,(H,35,36)(H2,21,23,25)(H2,22,24,26);/q;+1/p-1/t7-,8-,11-,12+,13+,14?,19?,20?;/m1./s1. The Morgan fingerprint density at radius 2 is 1.38 bits per heavy atom. The van der Waals surface area contributed by atoms with Gasteiger partial charge in [0.2, 0.25) is 0 Å². The van der Waals surface area contributed by atoms with E-state index in [-0.39, 0.29) is 63.5 Å². The van der Waals surface area contributed by atoms with Crippen LogP contribution in [0.4, 0.5) is 11.6 Å². The van der Waals surface area contributed by atoms with Crippen LogP contribution >= 0.6 is 7.82 Å². The minimum atomic E-state index is -5.21. The van der Waals surface area contributed by atoms with E-state index in [4.69, 9.17) is 30.0 Å². The number of hydrogen-bond donors (Lipinski definition) is 6. The van der Waals surface area contributed by atoms with Gasteiger partial charge in [0.15, 0.2) is 35.4 Å². The molecule has 0 saturated carbocycles. The van der Waals surface area contributed by atoms with Gasteiger partial charge in [-0.1, -0.05) is 0 Å². The summed E-state index contributed by atoms with van der Waals surface area (Å²) >= 11 is 0. The number of ether oxygens (including phenoxy) is 2. The maximum Gasteiger partial charge on any atom is 1.00 e. The normalized spacial score (nSPS) is 31.0. The van der Waals surface area contributed by atoms with Crippen molar-refractivity contribution in [2.24, 2.45) is 0 Å². The summed E-state index contributed by atoms with van der Waals surface area (Å²) in [5.74, 6) is 0.166. The summed E-state index contributed by atoms with van der Waals surface area (Å²) < 4.78 is 36.6. The monoisotopic (exact) mass is 618 g/mol. The fraction of sp³-hybridized carbons (Fsp3) is 0.500. The molecule has 2 saturated heterocycles. The number of imidazole rings is 2. The summed E-state index contributed by atoms with van der Waals surface area (Å²) in [5.41, 5.74) is 12.4. The molecule has 4 aromatic rings. The van der Waals surface area contributed by atoms with Crippen molar-refractivity contribution in [3.05, 3.63) is 25.3 Å². The fourth-order valence-corrected chi connectivity index (χ4v) is 5.73. The Labute approximate surface area is 257 Å². The number of fused-ring (bicyclic) bond motifs is 2. The molecule has 0 aromatic carbocycles. The van der Waals surface area contributed by atoms with E-state index >= 15 is 0 Å². The van der Waals surface area contributed by atoms with Gasteiger partial charge in [-0.15, -0.1) is 0 Å². The molecule has 2 fully saturated rings. The maximum atomic E-state index is 12.7. The van der Waals surface area contributed by atoms with Gasteiger partial charge in [-0.25, -0.2) is 29.9 Å². The molecule has 0 radical (unpaired) electrons. The SMILES string of the molecule is Nc1ncnc2c1ncn2C1O[C@H](CO)C(OP(=O)([O-])OC[C@H]2OC(n3cnc4c(N)ncnc43)[C@@H](O)[C@@H]2O)[C@@H]1O.[Na+]. The Bertz CT molecular complexity index is 1630. The largest absolute Gasteiger partial charge is 1.00 e. The van der Waals surface area contributed by atoms with Crippen LogP contribution in [0.1, 0.15) is 12.5 Å². The molecule has 9 atom stereocenters. The Hall–Kier alpha value is -2.43. The molecule has 2 aliphatic heterocycles. The van der Waals surface area contributed by atoms with E-state index in [0.717, 1.165) is 0 Å². The van der Waals surface area contributed by atoms with Gasteiger partial charge < -0.3 is 55.3 Å². The topological polar surface area (TPSA) is 297 Å². The first-order valence-corrected chi connectivity index (χ1v) is 13.5. The van der Waals surface area contributed by atoms with Gasteiger partial charge in [-0.05, 0) is 0 Å². The van der Waals surface area contributed by atoms with Crippen molar-refractivity contribution in [2.75, 3.05) is 24.7 Å². The molecular formula is C20H24N10NaO10P. The minimum Gasteiger partial charge on any atom is -0.756 e. The number of nitrogen functional groups attached to an aromatic ring is 2. The van der Waals surface area contributed by atoms with Crippen molar-refractivity contribution in [3.63, 3.8) is 0 Å². The molecular weight excluding hydrogens is 594 g/mol. The molecule has 0 bridgehead atoms. The summed E-state index contributed by atoms with van der Waals surface area (Å²) in [7, 11) is -5.21. The molecule has 220 valence electrons. The Kier molecular flexibility index (Phi) is 8.80. The van der Waals surface area contributed by atoms with Crippen molar-refractivity contribution < 1.29 is 78.0 Å². The second kappa shape index (κ2) is 11.9. The quantitative estimate of drug-likeness (QED) is 0.0790. The third-order valence-corrected chi connectivity index (χ3v) is 7.76. The first-order chi connectivity index (χ1) is 19.6. The zero-order valence-corrected chi connectivity index (χ0v) is 24.7. The van der Waals surface area contributed by atoms with Gasteiger partial charge in [-0.3, -0.25) is 13.7 Å². The maximum absolute atomic E-state index is 12.7. The summed E-state index contributed by atoms with van der Waals surface area (Å²) in [6, 6.07) is 0. The molecule has 2 aliphatic rings. The molecule has 4 aromatic heterocycles. The number of phosphoric ester groups is 1. The van der Waals surface area contributed by atoms with Gasteiger partial charge >= 0.3 is 29.6 Å². The second-order valence-corrected chi connectivity index (χ2v) is 10.6. The van der Waals surface area contributed by atoms with Crippen LogP contribution in [-0.4, -0.2) is 109 Å². The number of aliphatic hydroxyl groups excluding tert-OH is 4. The average molecular weight is 618 g/mol. The Morgan fingerprint density at radius 3 is 1.93 bits per heavy atom. The van der Waals surface area contributed by atoms with Gasteiger partial charge in [0, 0.05) is 0 Å². The number of hydrogen-bond acceptors (Lipinski definition) is 18. The van der Waals surface area contributed by atoms with Gasteiger partial charge in [-0.2, -0.15) is 0 Å². The number of nitrogens with two attached hydrogens (primary N) is 2. The first-order valence-electron chi connectivity index (χ1n) is 12.1. The number of rotatable bonds is 8. The third kappa shape index (κ3) is 5.39. The third-order valence-electron chi connectivity index (χ3n) is 6.80. The zero-order chi connectivity index (χ0) is 29.1. The molecule has 6 heterocycles. The first kappa shape index (κ1) is 31.0. The molecule has 6 rings (SSSR count). The number of aromatic nitrogens is 8. The average Bonchev–Trinajstić information content (AvgIpc) is 3.70. The van der Waals surface area contributed by atoms with Crippen LogP contribution in [-0.2, 0) is 23.1 Å². The van der Waals surface area contributed by atoms with Crippen molar-refractivity contribution in [2.45, 2.75) is 49.1 Å². The molecule has 0 aliphatic carbocycles. The van der Waals surface area contributed by atoms with Crippen molar-refractivity contribution >= 4 is 41.8 Å². The molecule has 20 nitrogen and oxygen atoms in total. The predicted molar refractivity (Wildman–Crippen MR) is 131 cm³/mol. The number of phosphoric acid groups is 1. The van der Waals surface area contributed by atoms with Crippen molar-refractivity contribution in [1.29, 1.82) is 0 Å². The molecule has 22 heteroatoms. The Balaban J connectivity index is 0.00000353. The van der Waals surface area contributed by atoms with E-state index in [2.05, 4.69) is 29.9 Å². The van der Waals surface area contributed by atoms with Crippen LogP contribution in [0.3, 0.4) is 0 Å². The van der Waals surface area contributed by atoms with Gasteiger partial charge in [0.25, 0.3) is 7.82 Å². The van der Waals surface area contributed by atoms with E-state index in [1.807, 2.05) is 0 Å². The summed E-state index contributed by atoms with van der Waals surface area (Å²) in [4.78, 5) is 36.7. The van der Waals surface area contributed by atoms with Crippen LogP contribution in [0.15, 0.2) is 25.3 Å². The minimum absolute atomic E-state index is 0. The van der Waals surface area contributed by atoms with Crippen LogP contribution in [0, 0.1) is 0 Å². The molecule has 8 N–H and O–H groups in total. The van der Waals surface area contributed by atoms with Crippen molar-refractivity contribution in [3.8, 4) is 0 Å². The van der Waals surface area contributed by atoms with Crippen LogP contribution in [0.5, 0.6) is 0 Å². The van der Waals surface area contributed by atoms with Crippen LogP contribution < -0.4 is 45.9 Å². The van der Waals surface area contributed by atoms with E-state index in [0.29, 0.717) is 0 Å². The van der Waals surface area contributed by atoms with Gasteiger partial charge in [0.1, 0.15) is 60.3 Å². The van der Waals surface area contributed by atoms with E-state index in [9.17, 15) is 29.9 Å². The van der Waals surface area contributed by atoms with Gasteiger partial charge in [0.05, 0.1) is 25.9 Å². The number of nitrogens with zero attached hydrogens (tertiary/aromatic N) is 8. The smallest absolute Gasteiger partial charge is 0.756 e.